The molecule has 0 saturated carbocycles. The highest BCUT2D eigenvalue weighted by Gasteiger charge is 2.08. The molecule has 1 aromatic carbocycles. The molecule has 82 valence electrons. The number of para-hydroxylation sites is 1. The zero-order valence-corrected chi connectivity index (χ0v) is 9.31. The molecule has 0 atom stereocenters. The second-order valence-electron chi connectivity index (χ2n) is 3.80. The van der Waals surface area contributed by atoms with Gasteiger partial charge in [-0.2, -0.15) is 5.26 Å². The molecule has 0 fully saturated rings. The highest BCUT2D eigenvalue weighted by molar-refractivity contribution is 5.90. The number of unbranched alkanes of at least 4 members (excludes halogenated alkanes) is 1. The summed E-state index contributed by atoms with van der Waals surface area (Å²) in [4.78, 5) is 2.13. The molecule has 2 rings (SSSR count). The van der Waals surface area contributed by atoms with E-state index in [1.54, 1.807) is 6.26 Å². The van der Waals surface area contributed by atoms with Crippen LogP contribution in [-0.4, -0.2) is 13.6 Å². The van der Waals surface area contributed by atoms with Gasteiger partial charge in [-0.05, 0) is 18.6 Å². The van der Waals surface area contributed by atoms with E-state index < -0.39 is 0 Å². The van der Waals surface area contributed by atoms with Crippen molar-refractivity contribution in [2.75, 3.05) is 18.5 Å². The van der Waals surface area contributed by atoms with Gasteiger partial charge in [0.05, 0.1) is 11.8 Å². The molecule has 3 nitrogen and oxygen atoms in total. The molecule has 0 amide bonds. The molecule has 0 spiro atoms. The highest BCUT2D eigenvalue weighted by Crippen LogP contribution is 2.27. The quantitative estimate of drug-likeness (QED) is 0.734. The van der Waals surface area contributed by atoms with E-state index in [1.807, 2.05) is 25.2 Å². The first-order valence-corrected chi connectivity index (χ1v) is 5.37. The highest BCUT2D eigenvalue weighted by atomic mass is 16.3. The maximum Gasteiger partial charge on any atom is 0.136 e. The molecule has 0 unspecified atom stereocenters. The maximum absolute atomic E-state index is 8.49. The van der Waals surface area contributed by atoms with Gasteiger partial charge < -0.3 is 9.32 Å². The van der Waals surface area contributed by atoms with Crippen LogP contribution in [0.5, 0.6) is 0 Å². The Hall–Kier alpha value is -1.95. The van der Waals surface area contributed by atoms with Crippen LogP contribution in [-0.2, 0) is 0 Å². The Balaban J connectivity index is 2.17. The van der Waals surface area contributed by atoms with Gasteiger partial charge in [-0.3, -0.25) is 0 Å². The fourth-order valence-electron chi connectivity index (χ4n) is 1.78. The number of rotatable bonds is 4. The standard InChI is InChI=1S/C13H14N2O/c1-15(9-5-4-8-14)12-10-16-13-7-3-2-6-11(12)13/h2-3,6-7,10H,4-5,9H2,1H3. The minimum Gasteiger partial charge on any atom is -0.462 e. The fourth-order valence-corrected chi connectivity index (χ4v) is 1.78. The van der Waals surface area contributed by atoms with Crippen LogP contribution in [0.4, 0.5) is 5.69 Å². The van der Waals surface area contributed by atoms with E-state index in [-0.39, 0.29) is 0 Å². The third-order valence-corrected chi connectivity index (χ3v) is 2.65. The summed E-state index contributed by atoms with van der Waals surface area (Å²) in [5.74, 6) is 0. The molecule has 1 aromatic heterocycles. The van der Waals surface area contributed by atoms with Crippen molar-refractivity contribution in [1.29, 1.82) is 5.26 Å². The van der Waals surface area contributed by atoms with Gasteiger partial charge in [0.25, 0.3) is 0 Å². The maximum atomic E-state index is 8.49. The zero-order valence-electron chi connectivity index (χ0n) is 9.31. The van der Waals surface area contributed by atoms with E-state index in [2.05, 4.69) is 17.0 Å². The van der Waals surface area contributed by atoms with E-state index in [0.717, 1.165) is 29.6 Å². The number of nitriles is 1. The molecule has 3 heteroatoms. The van der Waals surface area contributed by atoms with Crippen LogP contribution in [0.3, 0.4) is 0 Å². The Morgan fingerprint density at radius 1 is 1.38 bits per heavy atom. The zero-order chi connectivity index (χ0) is 11.4. The second kappa shape index (κ2) is 4.71. The molecule has 0 aliphatic carbocycles. The number of furan rings is 1. The smallest absolute Gasteiger partial charge is 0.136 e. The molecule has 0 aliphatic rings. The molecule has 2 aromatic rings. The Morgan fingerprint density at radius 2 is 2.19 bits per heavy atom. The molecule has 0 bridgehead atoms. The van der Waals surface area contributed by atoms with E-state index in [4.69, 9.17) is 9.68 Å². The lowest BCUT2D eigenvalue weighted by atomic mass is 10.2. The van der Waals surface area contributed by atoms with Gasteiger partial charge in [-0.1, -0.05) is 12.1 Å². The van der Waals surface area contributed by atoms with Crippen molar-refractivity contribution in [3.63, 3.8) is 0 Å². The summed E-state index contributed by atoms with van der Waals surface area (Å²) in [6.07, 6.45) is 3.25. The molecule has 0 aliphatic heterocycles. The Labute approximate surface area is 94.9 Å². The monoisotopic (exact) mass is 214 g/mol. The van der Waals surface area contributed by atoms with E-state index in [9.17, 15) is 0 Å². The van der Waals surface area contributed by atoms with Crippen molar-refractivity contribution in [1.82, 2.24) is 0 Å². The summed E-state index contributed by atoms with van der Waals surface area (Å²) in [5, 5.41) is 9.62. The van der Waals surface area contributed by atoms with Gasteiger partial charge in [-0.15, -0.1) is 0 Å². The SMILES string of the molecule is CN(CCCC#N)c1coc2ccccc12. The lowest BCUT2D eigenvalue weighted by Gasteiger charge is -2.16. The number of hydrogen-bond acceptors (Lipinski definition) is 3. The first-order valence-electron chi connectivity index (χ1n) is 5.37. The third-order valence-electron chi connectivity index (χ3n) is 2.65. The Kier molecular flexibility index (Phi) is 3.11. The molecule has 0 radical (unpaired) electrons. The topological polar surface area (TPSA) is 40.2 Å². The number of hydrogen-bond donors (Lipinski definition) is 0. The summed E-state index contributed by atoms with van der Waals surface area (Å²) in [6, 6.07) is 10.1. The van der Waals surface area contributed by atoms with E-state index >= 15 is 0 Å². The summed E-state index contributed by atoms with van der Waals surface area (Å²) >= 11 is 0. The van der Waals surface area contributed by atoms with Crippen LogP contribution in [0.15, 0.2) is 34.9 Å². The van der Waals surface area contributed by atoms with Gasteiger partial charge in [0.15, 0.2) is 0 Å². The number of anilines is 1. The van der Waals surface area contributed by atoms with Crippen molar-refractivity contribution in [3.05, 3.63) is 30.5 Å². The van der Waals surface area contributed by atoms with E-state index in [0.29, 0.717) is 6.42 Å². The minimum atomic E-state index is 0.597. The first kappa shape index (κ1) is 10.6. The predicted octanol–water partition coefficient (Wildman–Crippen LogP) is 3.17. The first-order chi connectivity index (χ1) is 7.83. The Bertz CT molecular complexity index is 510. The second-order valence-corrected chi connectivity index (χ2v) is 3.80. The van der Waals surface area contributed by atoms with Crippen molar-refractivity contribution in [3.8, 4) is 6.07 Å². The van der Waals surface area contributed by atoms with Crippen molar-refractivity contribution in [2.45, 2.75) is 12.8 Å². The predicted molar refractivity (Wildman–Crippen MR) is 64.3 cm³/mol. The largest absolute Gasteiger partial charge is 0.462 e. The molecule has 0 saturated heterocycles. The van der Waals surface area contributed by atoms with Gasteiger partial charge in [-0.25, -0.2) is 0 Å². The molecule has 0 N–H and O–H groups in total. The van der Waals surface area contributed by atoms with Crippen LogP contribution in [0.25, 0.3) is 11.0 Å². The van der Waals surface area contributed by atoms with E-state index in [1.165, 1.54) is 0 Å². The lowest BCUT2D eigenvalue weighted by Crippen LogP contribution is -2.17. The van der Waals surface area contributed by atoms with Gasteiger partial charge in [0, 0.05) is 25.4 Å². The minimum absolute atomic E-state index is 0.597. The van der Waals surface area contributed by atoms with Crippen LogP contribution in [0.1, 0.15) is 12.8 Å². The molecule has 1 heterocycles. The van der Waals surface area contributed by atoms with Gasteiger partial charge in [0.2, 0.25) is 0 Å². The van der Waals surface area contributed by atoms with Crippen molar-refractivity contribution < 1.29 is 4.42 Å². The molecular weight excluding hydrogens is 200 g/mol. The van der Waals surface area contributed by atoms with Crippen LogP contribution >= 0.6 is 0 Å². The average molecular weight is 214 g/mol. The van der Waals surface area contributed by atoms with Crippen molar-refractivity contribution in [2.24, 2.45) is 0 Å². The third kappa shape index (κ3) is 2.01. The average Bonchev–Trinajstić information content (AvgIpc) is 2.73. The molecule has 16 heavy (non-hydrogen) atoms. The molecular formula is C13H14N2O. The Morgan fingerprint density at radius 3 is 3.00 bits per heavy atom. The number of nitrogens with zero attached hydrogens (tertiary/aromatic N) is 2. The van der Waals surface area contributed by atoms with Crippen molar-refractivity contribution >= 4 is 16.7 Å². The lowest BCUT2D eigenvalue weighted by molar-refractivity contribution is 0.614. The summed E-state index contributed by atoms with van der Waals surface area (Å²) in [7, 11) is 2.02. The van der Waals surface area contributed by atoms with Gasteiger partial charge in [0.1, 0.15) is 11.8 Å². The van der Waals surface area contributed by atoms with Crippen LogP contribution in [0.2, 0.25) is 0 Å². The number of fused-ring (bicyclic) bond motifs is 1. The summed E-state index contributed by atoms with van der Waals surface area (Å²) in [5.41, 5.74) is 2.00. The number of benzene rings is 1. The summed E-state index contributed by atoms with van der Waals surface area (Å²) in [6.45, 7) is 0.872. The van der Waals surface area contributed by atoms with Crippen LogP contribution in [0, 0.1) is 11.3 Å². The van der Waals surface area contributed by atoms with Crippen LogP contribution < -0.4 is 4.90 Å². The summed E-state index contributed by atoms with van der Waals surface area (Å²) < 4.78 is 5.47. The fraction of sp³-hybridized carbons (Fsp3) is 0.308. The normalized spacial score (nSPS) is 10.2. The van der Waals surface area contributed by atoms with Gasteiger partial charge >= 0.3 is 0 Å².